The first-order valence-corrected chi connectivity index (χ1v) is 11.6. The summed E-state index contributed by atoms with van der Waals surface area (Å²) in [5, 5.41) is 0. The molecular weight excluding hydrogens is 388 g/mol. The predicted molar refractivity (Wildman–Crippen MR) is 136 cm³/mol. The van der Waals surface area contributed by atoms with E-state index in [-0.39, 0.29) is 5.78 Å². The molecule has 0 N–H and O–H groups in total. The molecule has 0 spiro atoms. The van der Waals surface area contributed by atoms with Gasteiger partial charge in [-0.05, 0) is 45.9 Å². The van der Waals surface area contributed by atoms with Crippen molar-refractivity contribution in [3.05, 3.63) is 109 Å². The number of hydrogen-bond donors (Lipinski definition) is 0. The molecule has 4 aromatic rings. The Morgan fingerprint density at radius 1 is 0.562 bits per heavy atom. The first kappa shape index (κ1) is 21.8. The van der Waals surface area contributed by atoms with Crippen LogP contribution in [0.2, 0.25) is 0 Å². The maximum Gasteiger partial charge on any atom is 0.162 e. The molecule has 1 heteroatoms. The second kappa shape index (κ2) is 10.7. The summed E-state index contributed by atoms with van der Waals surface area (Å²) < 4.78 is 0. The minimum atomic E-state index is 0.239. The van der Waals surface area contributed by atoms with Gasteiger partial charge >= 0.3 is 0 Å². The molecule has 0 heterocycles. The number of unbranched alkanes of at least 4 members (excludes halogenated alkanes) is 3. The molecule has 4 rings (SSSR count). The van der Waals surface area contributed by atoms with Crippen molar-refractivity contribution in [3.8, 4) is 33.4 Å². The van der Waals surface area contributed by atoms with Crippen LogP contribution in [0, 0.1) is 0 Å². The van der Waals surface area contributed by atoms with E-state index in [2.05, 4.69) is 91.9 Å². The van der Waals surface area contributed by atoms with Crippen molar-refractivity contribution < 1.29 is 4.79 Å². The monoisotopic (exact) mass is 418 g/mol. The number of carbonyl (C=O) groups is 1. The van der Waals surface area contributed by atoms with Crippen LogP contribution in [0.5, 0.6) is 0 Å². The number of benzene rings is 4. The summed E-state index contributed by atoms with van der Waals surface area (Å²) in [6.45, 7) is 2.19. The van der Waals surface area contributed by atoms with Crippen molar-refractivity contribution in [3.63, 3.8) is 0 Å². The van der Waals surface area contributed by atoms with Gasteiger partial charge in [-0.2, -0.15) is 0 Å². The molecule has 0 aromatic heterocycles. The van der Waals surface area contributed by atoms with Gasteiger partial charge in [0.15, 0.2) is 5.78 Å². The van der Waals surface area contributed by atoms with Crippen molar-refractivity contribution in [1.82, 2.24) is 0 Å². The minimum absolute atomic E-state index is 0.239. The Balaban J connectivity index is 1.68. The van der Waals surface area contributed by atoms with E-state index in [4.69, 9.17) is 0 Å². The molecule has 32 heavy (non-hydrogen) atoms. The molecule has 0 saturated heterocycles. The third-order valence-corrected chi connectivity index (χ3v) is 5.99. The van der Waals surface area contributed by atoms with Crippen LogP contribution in [0.1, 0.15) is 49.4 Å². The maximum atomic E-state index is 12.9. The molecule has 0 radical (unpaired) electrons. The molecule has 1 nitrogen and oxygen atoms in total. The van der Waals surface area contributed by atoms with Crippen LogP contribution in [-0.2, 0) is 0 Å². The second-order valence-electron chi connectivity index (χ2n) is 8.30. The Morgan fingerprint density at radius 3 is 1.78 bits per heavy atom. The SMILES string of the molecule is CCCCCCC(=O)c1ccc(-c2ccccc2)c(-c2ccc(-c3ccccc3)cc2)c1. The molecule has 4 aromatic carbocycles. The molecular formula is C31H30O. The lowest BCUT2D eigenvalue weighted by Gasteiger charge is -2.13. The average Bonchev–Trinajstić information content (AvgIpc) is 2.87. The van der Waals surface area contributed by atoms with Crippen LogP contribution in [0.15, 0.2) is 103 Å². The third kappa shape index (κ3) is 5.23. The highest BCUT2D eigenvalue weighted by molar-refractivity contribution is 5.99. The molecule has 0 saturated carbocycles. The van der Waals surface area contributed by atoms with Crippen LogP contribution in [0.3, 0.4) is 0 Å². The molecule has 0 bridgehead atoms. The van der Waals surface area contributed by atoms with Crippen molar-refractivity contribution >= 4 is 5.78 Å². The van der Waals surface area contributed by atoms with E-state index in [1.807, 2.05) is 18.2 Å². The molecule has 0 amide bonds. The lowest BCUT2D eigenvalue weighted by Crippen LogP contribution is -2.00. The van der Waals surface area contributed by atoms with E-state index < -0.39 is 0 Å². The first-order chi connectivity index (χ1) is 15.8. The fourth-order valence-electron chi connectivity index (χ4n) is 4.16. The van der Waals surface area contributed by atoms with Crippen molar-refractivity contribution in [2.24, 2.45) is 0 Å². The standard InChI is InChI=1S/C31H30O/c1-2-3-4-11-16-31(32)28-21-22-29(26-14-9-6-10-15-26)30(23-28)27-19-17-25(18-20-27)24-12-7-5-8-13-24/h5-10,12-15,17-23H,2-4,11,16H2,1H3. The summed E-state index contributed by atoms with van der Waals surface area (Å²) in [7, 11) is 0. The highest BCUT2D eigenvalue weighted by atomic mass is 16.1. The molecule has 0 aliphatic carbocycles. The van der Waals surface area contributed by atoms with Crippen LogP contribution in [0.25, 0.3) is 33.4 Å². The van der Waals surface area contributed by atoms with Crippen molar-refractivity contribution in [1.29, 1.82) is 0 Å². The van der Waals surface area contributed by atoms with E-state index in [0.29, 0.717) is 6.42 Å². The largest absolute Gasteiger partial charge is 0.294 e. The van der Waals surface area contributed by atoms with Gasteiger partial charge in [-0.25, -0.2) is 0 Å². The van der Waals surface area contributed by atoms with E-state index in [0.717, 1.165) is 40.7 Å². The molecule has 0 fully saturated rings. The summed E-state index contributed by atoms with van der Waals surface area (Å²) in [5.41, 5.74) is 7.76. The summed E-state index contributed by atoms with van der Waals surface area (Å²) in [6, 6.07) is 35.7. The van der Waals surface area contributed by atoms with Gasteiger partial charge in [-0.15, -0.1) is 0 Å². The topological polar surface area (TPSA) is 17.1 Å². The van der Waals surface area contributed by atoms with E-state index >= 15 is 0 Å². The number of Topliss-reactive ketones (excluding diaryl/α,β-unsaturated/α-hetero) is 1. The van der Waals surface area contributed by atoms with Crippen LogP contribution >= 0.6 is 0 Å². The highest BCUT2D eigenvalue weighted by Crippen LogP contribution is 2.34. The molecule has 0 aliphatic heterocycles. The third-order valence-electron chi connectivity index (χ3n) is 5.99. The summed E-state index contributed by atoms with van der Waals surface area (Å²) in [6.07, 6.45) is 5.09. The van der Waals surface area contributed by atoms with Crippen molar-refractivity contribution in [2.75, 3.05) is 0 Å². The van der Waals surface area contributed by atoms with E-state index in [1.54, 1.807) is 0 Å². The van der Waals surface area contributed by atoms with Crippen LogP contribution < -0.4 is 0 Å². The number of carbonyl (C=O) groups excluding carboxylic acids is 1. The zero-order valence-electron chi connectivity index (χ0n) is 18.8. The Bertz CT molecular complexity index is 1140. The van der Waals surface area contributed by atoms with Gasteiger partial charge in [0.25, 0.3) is 0 Å². The van der Waals surface area contributed by atoms with Gasteiger partial charge < -0.3 is 0 Å². The van der Waals surface area contributed by atoms with Gasteiger partial charge in [0.1, 0.15) is 0 Å². The molecule has 0 unspecified atom stereocenters. The zero-order valence-corrected chi connectivity index (χ0v) is 18.8. The van der Waals surface area contributed by atoms with Crippen LogP contribution in [-0.4, -0.2) is 5.78 Å². The normalized spacial score (nSPS) is 10.8. The average molecular weight is 419 g/mol. The van der Waals surface area contributed by atoms with Gasteiger partial charge in [0, 0.05) is 12.0 Å². The predicted octanol–water partition coefficient (Wildman–Crippen LogP) is 8.84. The van der Waals surface area contributed by atoms with E-state index in [9.17, 15) is 4.79 Å². The molecule has 0 aliphatic rings. The molecule has 160 valence electrons. The summed E-state index contributed by atoms with van der Waals surface area (Å²) >= 11 is 0. The van der Waals surface area contributed by atoms with Crippen molar-refractivity contribution in [2.45, 2.75) is 39.0 Å². The highest BCUT2D eigenvalue weighted by Gasteiger charge is 2.13. The maximum absolute atomic E-state index is 12.9. The number of hydrogen-bond acceptors (Lipinski definition) is 1. The second-order valence-corrected chi connectivity index (χ2v) is 8.30. The smallest absolute Gasteiger partial charge is 0.162 e. The summed E-state index contributed by atoms with van der Waals surface area (Å²) in [4.78, 5) is 12.9. The fraction of sp³-hybridized carbons (Fsp3) is 0.194. The number of rotatable bonds is 9. The van der Waals surface area contributed by atoms with Gasteiger partial charge in [0.05, 0.1) is 0 Å². The Hall–Kier alpha value is -3.45. The molecule has 0 atom stereocenters. The minimum Gasteiger partial charge on any atom is -0.294 e. The Kier molecular flexibility index (Phi) is 7.30. The quantitative estimate of drug-likeness (QED) is 0.196. The lowest BCUT2D eigenvalue weighted by atomic mass is 9.90. The van der Waals surface area contributed by atoms with E-state index in [1.165, 1.54) is 24.0 Å². The lowest BCUT2D eigenvalue weighted by molar-refractivity contribution is 0.0979. The first-order valence-electron chi connectivity index (χ1n) is 11.6. The van der Waals surface area contributed by atoms with Gasteiger partial charge in [-0.3, -0.25) is 4.79 Å². The fourth-order valence-corrected chi connectivity index (χ4v) is 4.16. The zero-order chi connectivity index (χ0) is 22.2. The van der Waals surface area contributed by atoms with Crippen LogP contribution in [0.4, 0.5) is 0 Å². The Labute approximate surface area is 191 Å². The Morgan fingerprint density at radius 2 is 1.12 bits per heavy atom. The van der Waals surface area contributed by atoms with Gasteiger partial charge in [-0.1, -0.05) is 123 Å². The van der Waals surface area contributed by atoms with Gasteiger partial charge in [0.2, 0.25) is 0 Å². The summed E-state index contributed by atoms with van der Waals surface area (Å²) in [5.74, 6) is 0.239. The number of ketones is 1.